The quantitative estimate of drug-likeness (QED) is 0.869. The second-order valence-electron chi connectivity index (χ2n) is 5.04. The van der Waals surface area contributed by atoms with Crippen LogP contribution < -0.4 is 0 Å². The predicted octanol–water partition coefficient (Wildman–Crippen LogP) is 1.63. The van der Waals surface area contributed by atoms with Crippen molar-refractivity contribution in [3.05, 3.63) is 29.8 Å². The second kappa shape index (κ2) is 5.59. The molecule has 1 fully saturated rings. The molecule has 0 spiro atoms. The number of hydrogen-bond donors (Lipinski definition) is 2. The molecule has 1 aliphatic rings. The molecule has 1 aromatic carbocycles. The molecule has 1 aromatic rings. The molecule has 1 aliphatic heterocycles. The zero-order chi connectivity index (χ0) is 14.0. The lowest BCUT2D eigenvalue weighted by molar-refractivity contribution is -0.149. The van der Waals surface area contributed by atoms with E-state index in [-0.39, 0.29) is 18.0 Å². The molecule has 5 heteroatoms. The van der Waals surface area contributed by atoms with Gasteiger partial charge in [0.15, 0.2) is 0 Å². The normalized spacial score (nSPS) is 26.0. The summed E-state index contributed by atoms with van der Waals surface area (Å²) in [6.45, 7) is 5.06. The number of aliphatic carboxylic acids is 1. The van der Waals surface area contributed by atoms with Gasteiger partial charge >= 0.3 is 5.97 Å². The van der Waals surface area contributed by atoms with Crippen LogP contribution in [0.2, 0.25) is 0 Å². The Morgan fingerprint density at radius 1 is 1.26 bits per heavy atom. The van der Waals surface area contributed by atoms with Gasteiger partial charge in [-0.25, -0.2) is 0 Å². The van der Waals surface area contributed by atoms with Crippen molar-refractivity contribution in [3.63, 3.8) is 0 Å². The summed E-state index contributed by atoms with van der Waals surface area (Å²) in [7, 11) is 0. The molecule has 0 aromatic heterocycles. The number of rotatable bonds is 3. The fraction of sp³-hybridized carbons (Fsp3) is 0.500. The van der Waals surface area contributed by atoms with Crippen LogP contribution in [0, 0.1) is 0 Å². The number of ether oxygens (including phenoxy) is 1. The van der Waals surface area contributed by atoms with E-state index in [1.54, 1.807) is 12.1 Å². The van der Waals surface area contributed by atoms with E-state index in [1.165, 1.54) is 12.1 Å². The number of aromatic hydroxyl groups is 1. The van der Waals surface area contributed by atoms with Crippen molar-refractivity contribution in [3.8, 4) is 5.75 Å². The number of hydrogen-bond acceptors (Lipinski definition) is 4. The lowest BCUT2D eigenvalue weighted by atomic mass is 10.0. The third kappa shape index (κ3) is 3.24. The van der Waals surface area contributed by atoms with Gasteiger partial charge in [0.05, 0.1) is 12.2 Å². The molecule has 2 N–H and O–H groups in total. The van der Waals surface area contributed by atoms with Crippen molar-refractivity contribution in [2.24, 2.45) is 0 Å². The molecule has 3 unspecified atom stereocenters. The first-order valence-electron chi connectivity index (χ1n) is 6.38. The van der Waals surface area contributed by atoms with Crippen molar-refractivity contribution in [1.29, 1.82) is 0 Å². The highest BCUT2D eigenvalue weighted by molar-refractivity contribution is 5.75. The smallest absolute Gasteiger partial charge is 0.325 e. The summed E-state index contributed by atoms with van der Waals surface area (Å²) < 4.78 is 5.63. The van der Waals surface area contributed by atoms with Crippen molar-refractivity contribution in [2.75, 3.05) is 13.1 Å². The maximum atomic E-state index is 11.6. The third-order valence-electron chi connectivity index (χ3n) is 3.26. The molecule has 19 heavy (non-hydrogen) atoms. The summed E-state index contributed by atoms with van der Waals surface area (Å²) in [6, 6.07) is 5.63. The maximum absolute atomic E-state index is 11.6. The number of morpholine rings is 1. The molecule has 0 saturated carbocycles. The lowest BCUT2D eigenvalue weighted by Crippen LogP contribution is -2.48. The lowest BCUT2D eigenvalue weighted by Gasteiger charge is -2.38. The fourth-order valence-electron chi connectivity index (χ4n) is 2.59. The third-order valence-corrected chi connectivity index (χ3v) is 3.26. The minimum Gasteiger partial charge on any atom is -0.508 e. The van der Waals surface area contributed by atoms with Crippen LogP contribution in [0.4, 0.5) is 0 Å². The van der Waals surface area contributed by atoms with E-state index in [2.05, 4.69) is 0 Å². The molecule has 3 atom stereocenters. The van der Waals surface area contributed by atoms with Gasteiger partial charge in [-0.1, -0.05) is 12.1 Å². The minimum atomic E-state index is -0.882. The molecule has 104 valence electrons. The average Bonchev–Trinajstić information content (AvgIpc) is 2.30. The van der Waals surface area contributed by atoms with Gasteiger partial charge in [-0.2, -0.15) is 0 Å². The summed E-state index contributed by atoms with van der Waals surface area (Å²) in [4.78, 5) is 13.5. The Bertz CT molecular complexity index is 435. The Morgan fingerprint density at radius 3 is 2.26 bits per heavy atom. The van der Waals surface area contributed by atoms with Gasteiger partial charge in [-0.3, -0.25) is 9.69 Å². The van der Waals surface area contributed by atoms with Crippen molar-refractivity contribution in [1.82, 2.24) is 4.90 Å². The van der Waals surface area contributed by atoms with Gasteiger partial charge in [-0.05, 0) is 31.5 Å². The number of phenols is 1. The minimum absolute atomic E-state index is 0.0164. The van der Waals surface area contributed by atoms with Crippen LogP contribution in [0.1, 0.15) is 25.5 Å². The van der Waals surface area contributed by atoms with E-state index in [4.69, 9.17) is 4.74 Å². The highest BCUT2D eigenvalue weighted by Gasteiger charge is 2.33. The molecule has 0 bridgehead atoms. The van der Waals surface area contributed by atoms with Crippen LogP contribution in [0.5, 0.6) is 5.75 Å². The molecule has 1 heterocycles. The van der Waals surface area contributed by atoms with Crippen LogP contribution in [-0.4, -0.2) is 46.4 Å². The second-order valence-corrected chi connectivity index (χ2v) is 5.04. The number of phenolic OH excluding ortho intramolecular Hbond substituents is 1. The van der Waals surface area contributed by atoms with Gasteiger partial charge in [0.25, 0.3) is 0 Å². The van der Waals surface area contributed by atoms with Crippen molar-refractivity contribution >= 4 is 5.97 Å². The van der Waals surface area contributed by atoms with E-state index in [0.29, 0.717) is 18.7 Å². The van der Waals surface area contributed by atoms with Gasteiger partial charge < -0.3 is 14.9 Å². The maximum Gasteiger partial charge on any atom is 0.325 e. The van der Waals surface area contributed by atoms with Crippen molar-refractivity contribution in [2.45, 2.75) is 32.1 Å². The Kier molecular flexibility index (Phi) is 4.07. The van der Waals surface area contributed by atoms with Crippen LogP contribution >= 0.6 is 0 Å². The Labute approximate surface area is 112 Å². The standard InChI is InChI=1S/C14H19NO4/c1-9-7-15(8-10(2)19-9)13(14(17)18)11-3-5-12(16)6-4-11/h3-6,9-10,13,16H,7-8H2,1-2H3,(H,17,18). The molecule has 5 nitrogen and oxygen atoms in total. The molecular formula is C14H19NO4. The Hall–Kier alpha value is -1.59. The Balaban J connectivity index is 2.24. The van der Waals surface area contributed by atoms with Gasteiger partial charge in [-0.15, -0.1) is 0 Å². The summed E-state index contributed by atoms with van der Waals surface area (Å²) in [5, 5.41) is 18.8. The first kappa shape index (κ1) is 13.8. The average molecular weight is 265 g/mol. The number of carboxylic acids is 1. The van der Waals surface area contributed by atoms with Crippen LogP contribution in [0.15, 0.2) is 24.3 Å². The molecule has 0 amide bonds. The molecule has 0 aliphatic carbocycles. The Morgan fingerprint density at radius 2 is 1.79 bits per heavy atom. The highest BCUT2D eigenvalue weighted by atomic mass is 16.5. The largest absolute Gasteiger partial charge is 0.508 e. The van der Waals surface area contributed by atoms with Gasteiger partial charge in [0, 0.05) is 13.1 Å². The summed E-state index contributed by atoms with van der Waals surface area (Å²) in [5.74, 6) is -0.747. The van der Waals surface area contributed by atoms with E-state index in [1.807, 2.05) is 18.7 Å². The topological polar surface area (TPSA) is 70.0 Å². The molecule has 1 saturated heterocycles. The summed E-state index contributed by atoms with van der Waals surface area (Å²) in [6.07, 6.45) is 0.0328. The number of carbonyl (C=O) groups is 1. The van der Waals surface area contributed by atoms with E-state index < -0.39 is 12.0 Å². The van der Waals surface area contributed by atoms with Gasteiger partial charge in [0.1, 0.15) is 11.8 Å². The fourth-order valence-corrected chi connectivity index (χ4v) is 2.59. The zero-order valence-corrected chi connectivity index (χ0v) is 11.1. The van der Waals surface area contributed by atoms with Crippen LogP contribution in [0.25, 0.3) is 0 Å². The zero-order valence-electron chi connectivity index (χ0n) is 11.1. The highest BCUT2D eigenvalue weighted by Crippen LogP contribution is 2.26. The number of nitrogens with zero attached hydrogens (tertiary/aromatic N) is 1. The van der Waals surface area contributed by atoms with Crippen LogP contribution in [0.3, 0.4) is 0 Å². The van der Waals surface area contributed by atoms with E-state index >= 15 is 0 Å². The molecule has 0 radical (unpaired) electrons. The first-order chi connectivity index (χ1) is 8.97. The van der Waals surface area contributed by atoms with E-state index in [9.17, 15) is 15.0 Å². The van der Waals surface area contributed by atoms with Crippen molar-refractivity contribution < 1.29 is 19.7 Å². The molecular weight excluding hydrogens is 246 g/mol. The monoisotopic (exact) mass is 265 g/mol. The van der Waals surface area contributed by atoms with Crippen LogP contribution in [-0.2, 0) is 9.53 Å². The summed E-state index contributed by atoms with van der Waals surface area (Å²) in [5.41, 5.74) is 0.673. The number of benzene rings is 1. The first-order valence-corrected chi connectivity index (χ1v) is 6.38. The predicted molar refractivity (Wildman–Crippen MR) is 70.1 cm³/mol. The van der Waals surface area contributed by atoms with Gasteiger partial charge in [0.2, 0.25) is 0 Å². The van der Waals surface area contributed by atoms with E-state index in [0.717, 1.165) is 0 Å². The molecule has 2 rings (SSSR count). The SMILES string of the molecule is CC1CN(C(C(=O)O)c2ccc(O)cc2)CC(C)O1. The summed E-state index contributed by atoms with van der Waals surface area (Å²) >= 11 is 0. The number of carboxylic acid groups (broad SMARTS) is 1.